The molecule has 1 amide bonds. The van der Waals surface area contributed by atoms with Crippen LogP contribution in [-0.2, 0) is 4.79 Å². The molecule has 1 heterocycles. The minimum absolute atomic E-state index is 0.175. The third-order valence-electron chi connectivity index (χ3n) is 2.21. The maximum Gasteiger partial charge on any atom is 0.221 e. The van der Waals surface area contributed by atoms with Gasteiger partial charge >= 0.3 is 0 Å². The number of carbonyl (C=O) groups is 1. The lowest BCUT2D eigenvalue weighted by molar-refractivity contribution is -0.121. The van der Waals surface area contributed by atoms with Crippen LogP contribution in [-0.4, -0.2) is 24.5 Å². The summed E-state index contributed by atoms with van der Waals surface area (Å²) in [5, 5.41) is 6.27. The molecule has 1 rings (SSSR count). The van der Waals surface area contributed by atoms with E-state index in [1.165, 1.54) is 0 Å². The van der Waals surface area contributed by atoms with Crippen molar-refractivity contribution in [3.8, 4) is 0 Å². The van der Waals surface area contributed by atoms with Crippen molar-refractivity contribution in [2.24, 2.45) is 0 Å². The van der Waals surface area contributed by atoms with Crippen molar-refractivity contribution in [1.29, 1.82) is 0 Å². The van der Waals surface area contributed by atoms with Gasteiger partial charge in [0.1, 0.15) is 0 Å². The zero-order valence-corrected chi connectivity index (χ0v) is 7.18. The van der Waals surface area contributed by atoms with Gasteiger partial charge in [0, 0.05) is 25.0 Å². The quantitative estimate of drug-likeness (QED) is 0.572. The molecule has 0 spiro atoms. The Kier molecular flexibility index (Phi) is 2.88. The highest BCUT2D eigenvalue weighted by atomic mass is 16.1. The summed E-state index contributed by atoms with van der Waals surface area (Å²) in [6.45, 7) is 5.01. The SMILES string of the molecule is CCC1NC(=O)CCNC1C. The van der Waals surface area contributed by atoms with Crippen LogP contribution in [0.2, 0.25) is 0 Å². The van der Waals surface area contributed by atoms with E-state index in [-0.39, 0.29) is 5.91 Å². The Hall–Kier alpha value is -0.570. The van der Waals surface area contributed by atoms with E-state index in [0.717, 1.165) is 13.0 Å². The van der Waals surface area contributed by atoms with Gasteiger partial charge in [0.05, 0.1) is 0 Å². The van der Waals surface area contributed by atoms with Crippen LogP contribution in [0.3, 0.4) is 0 Å². The molecule has 3 heteroatoms. The molecule has 0 aliphatic carbocycles. The predicted molar refractivity (Wildman–Crippen MR) is 44.3 cm³/mol. The second-order valence-corrected chi connectivity index (χ2v) is 3.08. The summed E-state index contributed by atoms with van der Waals surface area (Å²) in [7, 11) is 0. The van der Waals surface area contributed by atoms with Gasteiger partial charge in [0.15, 0.2) is 0 Å². The molecule has 2 unspecified atom stereocenters. The lowest BCUT2D eigenvalue weighted by Crippen LogP contribution is -2.44. The van der Waals surface area contributed by atoms with Crippen LogP contribution in [0.25, 0.3) is 0 Å². The molecule has 64 valence electrons. The van der Waals surface area contributed by atoms with Gasteiger partial charge in [0.25, 0.3) is 0 Å². The molecule has 0 aromatic rings. The molecule has 11 heavy (non-hydrogen) atoms. The van der Waals surface area contributed by atoms with E-state index in [4.69, 9.17) is 0 Å². The molecule has 0 aromatic heterocycles. The van der Waals surface area contributed by atoms with Gasteiger partial charge in [-0.3, -0.25) is 4.79 Å². The van der Waals surface area contributed by atoms with Gasteiger partial charge in [-0.2, -0.15) is 0 Å². The second-order valence-electron chi connectivity index (χ2n) is 3.08. The topological polar surface area (TPSA) is 41.1 Å². The molecule has 1 fully saturated rings. The Balaban J connectivity index is 2.52. The van der Waals surface area contributed by atoms with E-state index in [9.17, 15) is 4.79 Å². The van der Waals surface area contributed by atoms with Crippen molar-refractivity contribution in [2.75, 3.05) is 6.54 Å². The first-order chi connectivity index (χ1) is 5.24. The van der Waals surface area contributed by atoms with E-state index in [1.807, 2.05) is 0 Å². The molecule has 3 nitrogen and oxygen atoms in total. The highest BCUT2D eigenvalue weighted by Gasteiger charge is 2.20. The molecule has 0 bridgehead atoms. The summed E-state index contributed by atoms with van der Waals surface area (Å²) in [4.78, 5) is 11.0. The third-order valence-corrected chi connectivity index (χ3v) is 2.21. The Labute approximate surface area is 67.5 Å². The van der Waals surface area contributed by atoms with Crippen molar-refractivity contribution in [3.63, 3.8) is 0 Å². The fourth-order valence-electron chi connectivity index (χ4n) is 1.42. The zero-order chi connectivity index (χ0) is 8.27. The number of hydrogen-bond donors (Lipinski definition) is 2. The largest absolute Gasteiger partial charge is 0.352 e. The fourth-order valence-corrected chi connectivity index (χ4v) is 1.42. The number of hydrogen-bond acceptors (Lipinski definition) is 2. The van der Waals surface area contributed by atoms with E-state index in [0.29, 0.717) is 18.5 Å². The van der Waals surface area contributed by atoms with Crippen molar-refractivity contribution in [2.45, 2.75) is 38.8 Å². The van der Waals surface area contributed by atoms with Crippen molar-refractivity contribution >= 4 is 5.91 Å². The molecule has 0 aromatic carbocycles. The summed E-state index contributed by atoms with van der Waals surface area (Å²) in [5.74, 6) is 0.175. The first-order valence-electron chi connectivity index (χ1n) is 4.26. The van der Waals surface area contributed by atoms with E-state index in [1.54, 1.807) is 0 Å². The summed E-state index contributed by atoms with van der Waals surface area (Å²) in [6.07, 6.45) is 1.61. The molecule has 1 aliphatic heterocycles. The lowest BCUT2D eigenvalue weighted by Gasteiger charge is -2.20. The summed E-state index contributed by atoms with van der Waals surface area (Å²) in [6, 6.07) is 0.719. The summed E-state index contributed by atoms with van der Waals surface area (Å²) in [5.41, 5.74) is 0. The standard InChI is InChI=1S/C8H16N2O/c1-3-7-6(2)9-5-4-8(11)10-7/h6-7,9H,3-5H2,1-2H3,(H,10,11). The highest BCUT2D eigenvalue weighted by molar-refractivity contribution is 5.76. The van der Waals surface area contributed by atoms with Gasteiger partial charge in [-0.15, -0.1) is 0 Å². The van der Waals surface area contributed by atoms with Crippen LogP contribution in [0.4, 0.5) is 0 Å². The maximum atomic E-state index is 11.0. The average molecular weight is 156 g/mol. The molecule has 2 atom stereocenters. The molecule has 1 aliphatic rings. The van der Waals surface area contributed by atoms with Gasteiger partial charge < -0.3 is 10.6 Å². The molecular weight excluding hydrogens is 140 g/mol. The fraction of sp³-hybridized carbons (Fsp3) is 0.875. The van der Waals surface area contributed by atoms with Crippen LogP contribution in [0.5, 0.6) is 0 Å². The molecule has 0 radical (unpaired) electrons. The first-order valence-corrected chi connectivity index (χ1v) is 4.26. The van der Waals surface area contributed by atoms with Crippen molar-refractivity contribution in [3.05, 3.63) is 0 Å². The number of nitrogens with one attached hydrogen (secondary N) is 2. The van der Waals surface area contributed by atoms with Crippen LogP contribution < -0.4 is 10.6 Å². The van der Waals surface area contributed by atoms with Crippen LogP contribution >= 0.6 is 0 Å². The highest BCUT2D eigenvalue weighted by Crippen LogP contribution is 2.02. The molecule has 2 N–H and O–H groups in total. The Morgan fingerprint density at radius 3 is 3.00 bits per heavy atom. The smallest absolute Gasteiger partial charge is 0.221 e. The normalized spacial score (nSPS) is 32.7. The average Bonchev–Trinajstić information content (AvgIpc) is 2.13. The third kappa shape index (κ3) is 2.19. The predicted octanol–water partition coefficient (Wildman–Crippen LogP) is 0.263. The number of rotatable bonds is 1. The van der Waals surface area contributed by atoms with E-state index in [2.05, 4.69) is 24.5 Å². The van der Waals surface area contributed by atoms with Crippen LogP contribution in [0.15, 0.2) is 0 Å². The second kappa shape index (κ2) is 3.72. The first kappa shape index (κ1) is 8.53. The Morgan fingerprint density at radius 1 is 1.64 bits per heavy atom. The van der Waals surface area contributed by atoms with E-state index < -0.39 is 0 Å². The van der Waals surface area contributed by atoms with Gasteiger partial charge in [-0.05, 0) is 13.3 Å². The summed E-state index contributed by atoms with van der Waals surface area (Å²) >= 11 is 0. The lowest BCUT2D eigenvalue weighted by atomic mass is 10.1. The molecular formula is C8H16N2O. The summed E-state index contributed by atoms with van der Waals surface area (Å²) < 4.78 is 0. The molecule has 0 saturated carbocycles. The van der Waals surface area contributed by atoms with Gasteiger partial charge in [-0.1, -0.05) is 6.92 Å². The van der Waals surface area contributed by atoms with Gasteiger partial charge in [0.2, 0.25) is 5.91 Å². The van der Waals surface area contributed by atoms with Crippen molar-refractivity contribution < 1.29 is 4.79 Å². The zero-order valence-electron chi connectivity index (χ0n) is 7.18. The number of amides is 1. The maximum absolute atomic E-state index is 11.0. The minimum Gasteiger partial charge on any atom is -0.352 e. The monoisotopic (exact) mass is 156 g/mol. The van der Waals surface area contributed by atoms with Crippen LogP contribution in [0, 0.1) is 0 Å². The molecule has 1 saturated heterocycles. The van der Waals surface area contributed by atoms with E-state index >= 15 is 0 Å². The minimum atomic E-state index is 0.175. The van der Waals surface area contributed by atoms with Crippen LogP contribution in [0.1, 0.15) is 26.7 Å². The van der Waals surface area contributed by atoms with Gasteiger partial charge in [-0.25, -0.2) is 0 Å². The number of carbonyl (C=O) groups excluding carboxylic acids is 1. The Morgan fingerprint density at radius 2 is 2.36 bits per heavy atom. The van der Waals surface area contributed by atoms with Crippen molar-refractivity contribution in [1.82, 2.24) is 10.6 Å². The Bertz CT molecular complexity index is 147.